The van der Waals surface area contributed by atoms with E-state index in [1.165, 1.54) is 30.4 Å². The van der Waals surface area contributed by atoms with E-state index >= 15 is 0 Å². The average molecular weight is 240 g/mol. The molecule has 0 aromatic heterocycles. The van der Waals surface area contributed by atoms with Crippen molar-refractivity contribution in [3.05, 3.63) is 34.3 Å². The summed E-state index contributed by atoms with van der Waals surface area (Å²) in [7, 11) is 1.72. The molecule has 0 amide bonds. The topological polar surface area (TPSA) is 35.2 Å². The maximum Gasteiger partial charge on any atom is 0.0715 e. The fourth-order valence-electron chi connectivity index (χ4n) is 2.51. The van der Waals surface area contributed by atoms with Crippen LogP contribution in [0, 0.1) is 0 Å². The van der Waals surface area contributed by atoms with Crippen molar-refractivity contribution in [3.63, 3.8) is 0 Å². The zero-order valence-corrected chi connectivity index (χ0v) is 10.4. The molecule has 0 atom stereocenters. The first-order chi connectivity index (χ1) is 7.72. The van der Waals surface area contributed by atoms with E-state index in [1.807, 2.05) is 6.07 Å². The Morgan fingerprint density at radius 3 is 2.69 bits per heavy atom. The molecule has 0 saturated heterocycles. The molecule has 0 bridgehead atoms. The van der Waals surface area contributed by atoms with E-state index < -0.39 is 0 Å². The predicted molar refractivity (Wildman–Crippen MR) is 66.7 cm³/mol. The minimum atomic E-state index is 0.152. The second-order valence-corrected chi connectivity index (χ2v) is 5.01. The highest BCUT2D eigenvalue weighted by atomic mass is 35.5. The summed E-state index contributed by atoms with van der Waals surface area (Å²) in [6, 6.07) is 6.03. The van der Waals surface area contributed by atoms with E-state index in [4.69, 9.17) is 22.1 Å². The van der Waals surface area contributed by atoms with Gasteiger partial charge in [-0.2, -0.15) is 0 Å². The number of halogens is 1. The summed E-state index contributed by atoms with van der Waals surface area (Å²) in [5.74, 6) is 0. The zero-order chi connectivity index (χ0) is 11.6. The molecule has 1 aliphatic rings. The van der Waals surface area contributed by atoms with Crippen molar-refractivity contribution < 1.29 is 4.74 Å². The van der Waals surface area contributed by atoms with Crippen LogP contribution in [0.15, 0.2) is 18.2 Å². The molecule has 16 heavy (non-hydrogen) atoms. The van der Waals surface area contributed by atoms with E-state index in [2.05, 4.69) is 12.1 Å². The Hall–Kier alpha value is -0.570. The Bertz CT molecular complexity index is 369. The Morgan fingerprint density at radius 1 is 1.44 bits per heavy atom. The van der Waals surface area contributed by atoms with Crippen molar-refractivity contribution in [2.45, 2.75) is 31.3 Å². The lowest BCUT2D eigenvalue weighted by atomic mass is 9.63. The van der Waals surface area contributed by atoms with Gasteiger partial charge in [0.2, 0.25) is 0 Å². The van der Waals surface area contributed by atoms with Gasteiger partial charge in [0.15, 0.2) is 0 Å². The van der Waals surface area contributed by atoms with Crippen LogP contribution in [0.2, 0.25) is 5.02 Å². The summed E-state index contributed by atoms with van der Waals surface area (Å²) < 4.78 is 5.23. The molecular weight excluding hydrogens is 222 g/mol. The fourth-order valence-corrected chi connectivity index (χ4v) is 2.68. The molecule has 0 unspecified atom stereocenters. The van der Waals surface area contributed by atoms with Gasteiger partial charge < -0.3 is 10.5 Å². The maximum absolute atomic E-state index is 6.08. The summed E-state index contributed by atoms with van der Waals surface area (Å²) in [6.45, 7) is 1.33. The van der Waals surface area contributed by atoms with Gasteiger partial charge in [-0.25, -0.2) is 0 Å². The molecule has 2 nitrogen and oxygen atoms in total. The molecule has 1 aromatic rings. The first kappa shape index (κ1) is 11.9. The molecule has 0 spiro atoms. The van der Waals surface area contributed by atoms with E-state index in [0.29, 0.717) is 13.2 Å². The number of hydrogen-bond acceptors (Lipinski definition) is 2. The standard InChI is InChI=1S/C13H18ClNO/c1-16-8-10-3-4-11(14)7-12(10)13(9-15)5-2-6-13/h3-4,7H,2,5-6,8-9,15H2,1H3. The van der Waals surface area contributed by atoms with Crippen molar-refractivity contribution >= 4 is 11.6 Å². The monoisotopic (exact) mass is 239 g/mol. The summed E-state index contributed by atoms with van der Waals surface area (Å²) >= 11 is 6.08. The molecule has 0 heterocycles. The third-order valence-electron chi connectivity index (χ3n) is 3.64. The lowest BCUT2D eigenvalue weighted by molar-refractivity contribution is 0.178. The van der Waals surface area contributed by atoms with Gasteiger partial charge in [0.1, 0.15) is 0 Å². The Labute approximate surface area is 102 Å². The van der Waals surface area contributed by atoms with Crippen molar-refractivity contribution in [3.8, 4) is 0 Å². The lowest BCUT2D eigenvalue weighted by Gasteiger charge is -2.42. The molecule has 88 valence electrons. The van der Waals surface area contributed by atoms with Crippen molar-refractivity contribution in [1.29, 1.82) is 0 Å². The Morgan fingerprint density at radius 2 is 2.19 bits per heavy atom. The van der Waals surface area contributed by atoms with Crippen LogP contribution < -0.4 is 5.73 Å². The van der Waals surface area contributed by atoms with Gasteiger partial charge in [0.25, 0.3) is 0 Å². The van der Waals surface area contributed by atoms with E-state index in [1.54, 1.807) is 7.11 Å². The third-order valence-corrected chi connectivity index (χ3v) is 3.88. The van der Waals surface area contributed by atoms with Gasteiger partial charge in [-0.1, -0.05) is 24.1 Å². The molecule has 0 aliphatic heterocycles. The van der Waals surface area contributed by atoms with Gasteiger partial charge in [-0.3, -0.25) is 0 Å². The first-order valence-corrected chi connectivity index (χ1v) is 6.07. The predicted octanol–water partition coefficient (Wildman–Crippen LogP) is 2.87. The van der Waals surface area contributed by atoms with E-state index in [0.717, 1.165) is 5.02 Å². The summed E-state index contributed by atoms with van der Waals surface area (Å²) in [5, 5.41) is 0.787. The summed E-state index contributed by atoms with van der Waals surface area (Å²) in [6.07, 6.45) is 3.59. The highest BCUT2D eigenvalue weighted by Gasteiger charge is 2.38. The molecule has 1 fully saturated rings. The van der Waals surface area contributed by atoms with Crippen LogP contribution in [0.1, 0.15) is 30.4 Å². The first-order valence-electron chi connectivity index (χ1n) is 5.70. The van der Waals surface area contributed by atoms with Crippen LogP contribution in [0.3, 0.4) is 0 Å². The molecule has 2 rings (SSSR count). The third kappa shape index (κ3) is 1.97. The van der Waals surface area contributed by atoms with Crippen molar-refractivity contribution in [1.82, 2.24) is 0 Å². The smallest absolute Gasteiger partial charge is 0.0715 e. The number of methoxy groups -OCH3 is 1. The molecule has 0 radical (unpaired) electrons. The van der Waals surface area contributed by atoms with Crippen LogP contribution >= 0.6 is 11.6 Å². The minimum absolute atomic E-state index is 0.152. The van der Waals surface area contributed by atoms with Gasteiger partial charge in [0.05, 0.1) is 6.61 Å². The molecule has 3 heteroatoms. The molecular formula is C13H18ClNO. The second kappa shape index (κ2) is 4.74. The van der Waals surface area contributed by atoms with Gasteiger partial charge in [-0.15, -0.1) is 0 Å². The van der Waals surface area contributed by atoms with E-state index in [9.17, 15) is 0 Å². The quantitative estimate of drug-likeness (QED) is 0.877. The number of ether oxygens (including phenoxy) is 1. The zero-order valence-electron chi connectivity index (χ0n) is 9.63. The molecule has 1 aromatic carbocycles. The minimum Gasteiger partial charge on any atom is -0.380 e. The SMILES string of the molecule is COCc1ccc(Cl)cc1C1(CN)CCC1. The number of rotatable bonds is 4. The maximum atomic E-state index is 6.08. The van der Waals surface area contributed by atoms with Crippen molar-refractivity contribution in [2.24, 2.45) is 5.73 Å². The normalized spacial score (nSPS) is 18.2. The number of hydrogen-bond donors (Lipinski definition) is 1. The van der Waals surface area contributed by atoms with Crippen LogP contribution in [-0.4, -0.2) is 13.7 Å². The molecule has 2 N–H and O–H groups in total. The van der Waals surface area contributed by atoms with Gasteiger partial charge in [-0.05, 0) is 36.1 Å². The summed E-state index contributed by atoms with van der Waals surface area (Å²) in [4.78, 5) is 0. The fraction of sp³-hybridized carbons (Fsp3) is 0.538. The average Bonchev–Trinajstić information content (AvgIpc) is 2.21. The lowest BCUT2D eigenvalue weighted by Crippen LogP contribution is -2.42. The Kier molecular flexibility index (Phi) is 3.53. The largest absolute Gasteiger partial charge is 0.380 e. The van der Waals surface area contributed by atoms with Crippen molar-refractivity contribution in [2.75, 3.05) is 13.7 Å². The van der Waals surface area contributed by atoms with Gasteiger partial charge in [0, 0.05) is 24.1 Å². The van der Waals surface area contributed by atoms with Crippen LogP contribution in [0.25, 0.3) is 0 Å². The summed E-state index contributed by atoms with van der Waals surface area (Å²) in [5.41, 5.74) is 8.59. The van der Waals surface area contributed by atoms with Crippen LogP contribution in [-0.2, 0) is 16.8 Å². The van der Waals surface area contributed by atoms with Gasteiger partial charge >= 0.3 is 0 Å². The number of nitrogens with two attached hydrogens (primary N) is 1. The second-order valence-electron chi connectivity index (χ2n) is 4.57. The van der Waals surface area contributed by atoms with Crippen LogP contribution in [0.4, 0.5) is 0 Å². The molecule has 1 saturated carbocycles. The molecule has 1 aliphatic carbocycles. The number of benzene rings is 1. The van der Waals surface area contributed by atoms with E-state index in [-0.39, 0.29) is 5.41 Å². The van der Waals surface area contributed by atoms with Crippen LogP contribution in [0.5, 0.6) is 0 Å². The highest BCUT2D eigenvalue weighted by molar-refractivity contribution is 6.30. The highest BCUT2D eigenvalue weighted by Crippen LogP contribution is 2.44. The Balaban J connectivity index is 2.40.